The van der Waals surface area contributed by atoms with Crippen molar-refractivity contribution < 1.29 is 4.74 Å². The van der Waals surface area contributed by atoms with Crippen molar-refractivity contribution in [2.24, 2.45) is 0 Å². The molecular formula is C15H17ClN2OS. The molecule has 1 aromatic heterocycles. The zero-order valence-corrected chi connectivity index (χ0v) is 13.0. The number of alkyl halides is 1. The van der Waals surface area contributed by atoms with E-state index in [0.717, 1.165) is 36.1 Å². The maximum absolute atomic E-state index is 5.83. The number of thiazole rings is 1. The quantitative estimate of drug-likeness (QED) is 0.806. The third kappa shape index (κ3) is 2.82. The van der Waals surface area contributed by atoms with Crippen LogP contribution in [0.1, 0.15) is 29.2 Å². The second kappa shape index (κ2) is 6.12. The highest BCUT2D eigenvalue weighted by Gasteiger charge is 2.22. The number of rotatable bonds is 3. The molecule has 5 heteroatoms. The summed E-state index contributed by atoms with van der Waals surface area (Å²) in [4.78, 5) is 7.00. The number of nitrogens with zero attached hydrogens (tertiary/aromatic N) is 2. The predicted molar refractivity (Wildman–Crippen MR) is 82.4 cm³/mol. The molecule has 2 aromatic rings. The Balaban J connectivity index is 1.80. The summed E-state index contributed by atoms with van der Waals surface area (Å²) in [6.45, 7) is 4.72. The lowest BCUT2D eigenvalue weighted by Crippen LogP contribution is -2.28. The first-order chi connectivity index (χ1) is 9.78. The monoisotopic (exact) mass is 308 g/mol. The Kier molecular flexibility index (Phi) is 4.24. The van der Waals surface area contributed by atoms with Crippen molar-refractivity contribution in [1.82, 2.24) is 9.88 Å². The molecule has 1 aromatic carbocycles. The number of fused-ring (bicyclic) bond motifs is 1. The van der Waals surface area contributed by atoms with Crippen LogP contribution in [0.25, 0.3) is 0 Å². The molecule has 106 valence electrons. The van der Waals surface area contributed by atoms with E-state index in [4.69, 9.17) is 16.3 Å². The summed E-state index contributed by atoms with van der Waals surface area (Å²) < 4.78 is 5.81. The van der Waals surface area contributed by atoms with Gasteiger partial charge in [-0.3, -0.25) is 4.90 Å². The van der Waals surface area contributed by atoms with Gasteiger partial charge in [0.2, 0.25) is 0 Å². The van der Waals surface area contributed by atoms with E-state index >= 15 is 0 Å². The number of halogens is 1. The number of para-hydroxylation sites is 1. The summed E-state index contributed by atoms with van der Waals surface area (Å²) in [5, 5.41) is 3.17. The lowest BCUT2D eigenvalue weighted by Gasteiger charge is -2.25. The third-order valence-corrected chi connectivity index (χ3v) is 4.93. The predicted octanol–water partition coefficient (Wildman–Crippen LogP) is 3.84. The van der Waals surface area contributed by atoms with Gasteiger partial charge in [-0.1, -0.05) is 18.2 Å². The Morgan fingerprint density at radius 1 is 1.45 bits per heavy atom. The SMILES string of the molecule is CC(c1nc(CCl)cs1)N1CCOc2ccccc2C1. The van der Waals surface area contributed by atoms with Crippen molar-refractivity contribution in [3.8, 4) is 5.75 Å². The molecule has 1 unspecified atom stereocenters. The Morgan fingerprint density at radius 2 is 2.30 bits per heavy atom. The minimum absolute atomic E-state index is 0.284. The molecule has 1 aliphatic rings. The van der Waals surface area contributed by atoms with Crippen LogP contribution in [0.5, 0.6) is 5.75 Å². The second-order valence-corrected chi connectivity index (χ2v) is 6.07. The Morgan fingerprint density at radius 3 is 3.10 bits per heavy atom. The smallest absolute Gasteiger partial charge is 0.123 e. The number of hydrogen-bond acceptors (Lipinski definition) is 4. The van der Waals surface area contributed by atoms with E-state index in [0.29, 0.717) is 5.88 Å². The number of ether oxygens (including phenoxy) is 1. The average Bonchev–Trinajstić information content (AvgIpc) is 2.85. The van der Waals surface area contributed by atoms with Crippen molar-refractivity contribution in [2.75, 3.05) is 13.2 Å². The van der Waals surface area contributed by atoms with Gasteiger partial charge < -0.3 is 4.74 Å². The normalized spacial score (nSPS) is 17.1. The molecule has 1 aliphatic heterocycles. The molecule has 0 saturated heterocycles. The maximum Gasteiger partial charge on any atom is 0.123 e. The molecule has 3 nitrogen and oxygen atoms in total. The van der Waals surface area contributed by atoms with Crippen LogP contribution in [0.15, 0.2) is 29.6 Å². The Labute approximate surface area is 128 Å². The molecule has 3 rings (SSSR count). The molecule has 0 fully saturated rings. The molecule has 1 atom stereocenters. The summed E-state index contributed by atoms with van der Waals surface area (Å²) in [5.74, 6) is 1.48. The van der Waals surface area contributed by atoms with Crippen molar-refractivity contribution in [3.63, 3.8) is 0 Å². The van der Waals surface area contributed by atoms with Crippen LogP contribution in [0.3, 0.4) is 0 Å². The minimum atomic E-state index is 0.284. The van der Waals surface area contributed by atoms with E-state index in [1.807, 2.05) is 17.5 Å². The second-order valence-electron chi connectivity index (χ2n) is 4.91. The standard InChI is InChI=1S/C15H17ClN2OS/c1-11(15-17-13(8-16)10-20-15)18-6-7-19-14-5-3-2-4-12(14)9-18/h2-5,10-11H,6-9H2,1H3. The number of benzene rings is 1. The van der Waals surface area contributed by atoms with Crippen LogP contribution in [-0.4, -0.2) is 23.0 Å². The van der Waals surface area contributed by atoms with Gasteiger partial charge in [0, 0.05) is 24.0 Å². The first-order valence-electron chi connectivity index (χ1n) is 6.73. The maximum atomic E-state index is 5.83. The van der Waals surface area contributed by atoms with Crippen LogP contribution in [0.4, 0.5) is 0 Å². The Hall–Kier alpha value is -1.10. The van der Waals surface area contributed by atoms with Crippen LogP contribution < -0.4 is 4.74 Å². The van der Waals surface area contributed by atoms with Crippen molar-refractivity contribution >= 4 is 22.9 Å². The summed E-state index contributed by atoms with van der Waals surface area (Å²) in [6.07, 6.45) is 0. The largest absolute Gasteiger partial charge is 0.492 e. The van der Waals surface area contributed by atoms with E-state index < -0.39 is 0 Å². The highest BCUT2D eigenvalue weighted by Crippen LogP contribution is 2.29. The van der Waals surface area contributed by atoms with Crippen LogP contribution in [0, 0.1) is 0 Å². The third-order valence-electron chi connectivity index (χ3n) is 3.59. The number of aromatic nitrogens is 1. The fourth-order valence-corrected chi connectivity index (χ4v) is 3.55. The molecule has 0 amide bonds. The molecule has 0 N–H and O–H groups in total. The lowest BCUT2D eigenvalue weighted by molar-refractivity contribution is 0.179. The topological polar surface area (TPSA) is 25.4 Å². The molecule has 0 bridgehead atoms. The molecule has 20 heavy (non-hydrogen) atoms. The van der Waals surface area contributed by atoms with Gasteiger partial charge in [0.05, 0.1) is 17.6 Å². The summed E-state index contributed by atoms with van der Waals surface area (Å²) in [6, 6.07) is 8.54. The van der Waals surface area contributed by atoms with Crippen molar-refractivity contribution in [1.29, 1.82) is 0 Å². The highest BCUT2D eigenvalue weighted by molar-refractivity contribution is 7.09. The molecule has 0 spiro atoms. The molecule has 0 aliphatic carbocycles. The van der Waals surface area contributed by atoms with Crippen molar-refractivity contribution in [3.05, 3.63) is 45.9 Å². The van der Waals surface area contributed by atoms with E-state index in [9.17, 15) is 0 Å². The lowest BCUT2D eigenvalue weighted by atomic mass is 10.1. The van der Waals surface area contributed by atoms with Gasteiger partial charge in [0.15, 0.2) is 0 Å². The molecule has 0 radical (unpaired) electrons. The van der Waals surface area contributed by atoms with Gasteiger partial charge in [0.1, 0.15) is 17.4 Å². The van der Waals surface area contributed by atoms with E-state index in [-0.39, 0.29) is 6.04 Å². The van der Waals surface area contributed by atoms with Gasteiger partial charge in [-0.25, -0.2) is 4.98 Å². The van der Waals surface area contributed by atoms with E-state index in [1.165, 1.54) is 5.56 Å². The van der Waals surface area contributed by atoms with E-state index in [2.05, 4.69) is 28.9 Å². The number of hydrogen-bond donors (Lipinski definition) is 0. The fraction of sp³-hybridized carbons (Fsp3) is 0.400. The van der Waals surface area contributed by atoms with Gasteiger partial charge >= 0.3 is 0 Å². The first kappa shape index (κ1) is 13.9. The minimum Gasteiger partial charge on any atom is -0.492 e. The molecular weight excluding hydrogens is 292 g/mol. The van der Waals surface area contributed by atoms with Crippen LogP contribution in [-0.2, 0) is 12.4 Å². The van der Waals surface area contributed by atoms with Gasteiger partial charge in [-0.2, -0.15) is 0 Å². The average molecular weight is 309 g/mol. The summed E-state index contributed by atoms with van der Waals surface area (Å²) in [7, 11) is 0. The molecule has 0 saturated carbocycles. The highest BCUT2D eigenvalue weighted by atomic mass is 35.5. The first-order valence-corrected chi connectivity index (χ1v) is 8.14. The Bertz CT molecular complexity index is 587. The van der Waals surface area contributed by atoms with Crippen molar-refractivity contribution in [2.45, 2.75) is 25.4 Å². The van der Waals surface area contributed by atoms with Gasteiger partial charge in [-0.05, 0) is 13.0 Å². The summed E-state index contributed by atoms with van der Waals surface area (Å²) in [5.41, 5.74) is 2.20. The fourth-order valence-electron chi connectivity index (χ4n) is 2.41. The van der Waals surface area contributed by atoms with Crippen LogP contribution >= 0.6 is 22.9 Å². The van der Waals surface area contributed by atoms with Gasteiger partial charge in [-0.15, -0.1) is 22.9 Å². The van der Waals surface area contributed by atoms with E-state index in [1.54, 1.807) is 11.3 Å². The zero-order valence-electron chi connectivity index (χ0n) is 11.4. The van der Waals surface area contributed by atoms with Crippen LogP contribution in [0.2, 0.25) is 0 Å². The molecule has 2 heterocycles. The van der Waals surface area contributed by atoms with Gasteiger partial charge in [0.25, 0.3) is 0 Å². The zero-order chi connectivity index (χ0) is 13.9. The summed E-state index contributed by atoms with van der Waals surface area (Å²) >= 11 is 7.52.